The van der Waals surface area contributed by atoms with E-state index in [1.54, 1.807) is 12.1 Å². The Hall–Kier alpha value is -1.43. The first-order valence-electron chi connectivity index (χ1n) is 11.4. The fourth-order valence-corrected chi connectivity index (χ4v) is 5.08. The summed E-state index contributed by atoms with van der Waals surface area (Å²) in [7, 11) is -3.47. The lowest BCUT2D eigenvalue weighted by atomic mass is 9.77. The van der Waals surface area contributed by atoms with Crippen molar-refractivity contribution in [1.29, 1.82) is 0 Å². The van der Waals surface area contributed by atoms with E-state index in [1.807, 2.05) is 18.5 Å². The Morgan fingerprint density at radius 1 is 1.06 bits per heavy atom. The number of hydrogen-bond acceptors (Lipinski definition) is 3. The second-order valence-corrected chi connectivity index (χ2v) is 11.4. The molecule has 2 aromatic rings. The van der Waals surface area contributed by atoms with Crippen molar-refractivity contribution in [3.8, 4) is 0 Å². The van der Waals surface area contributed by atoms with Gasteiger partial charge in [-0.3, -0.25) is 4.98 Å². The molecule has 6 heteroatoms. The molecule has 1 N–H and O–H groups in total. The van der Waals surface area contributed by atoms with Gasteiger partial charge in [0.25, 0.3) is 0 Å². The molecule has 0 aliphatic rings. The molecule has 2 rings (SSSR count). The molecule has 1 unspecified atom stereocenters. The summed E-state index contributed by atoms with van der Waals surface area (Å²) in [6, 6.07) is 10.4. The van der Waals surface area contributed by atoms with Gasteiger partial charge in [0.05, 0.1) is 4.90 Å². The average molecular weight is 465 g/mol. The number of unbranched alkanes of at least 4 members (excludes halogenated alkanes) is 1. The van der Waals surface area contributed by atoms with E-state index >= 15 is 0 Å². The van der Waals surface area contributed by atoms with Crippen LogP contribution in [0.25, 0.3) is 0 Å². The summed E-state index contributed by atoms with van der Waals surface area (Å²) >= 11 is 5.85. The fourth-order valence-electron chi connectivity index (χ4n) is 3.88. The zero-order chi connectivity index (χ0) is 22.7. The van der Waals surface area contributed by atoms with Gasteiger partial charge in [-0.1, -0.05) is 64.1 Å². The largest absolute Gasteiger partial charge is 0.264 e. The number of aryl methyl sites for hydroxylation is 1. The number of hydrogen-bond donors (Lipinski definition) is 1. The second-order valence-electron chi connectivity index (χ2n) is 9.19. The molecule has 0 bridgehead atoms. The smallest absolute Gasteiger partial charge is 0.240 e. The predicted octanol–water partition coefficient (Wildman–Crippen LogP) is 6.65. The van der Waals surface area contributed by atoms with Crippen LogP contribution in [0, 0.1) is 11.3 Å². The van der Waals surface area contributed by atoms with Gasteiger partial charge in [0.1, 0.15) is 0 Å². The highest BCUT2D eigenvalue weighted by Crippen LogP contribution is 2.33. The lowest BCUT2D eigenvalue weighted by Crippen LogP contribution is -2.25. The van der Waals surface area contributed by atoms with Crippen molar-refractivity contribution in [3.63, 3.8) is 0 Å². The first-order valence-corrected chi connectivity index (χ1v) is 13.2. The quantitative estimate of drug-likeness (QED) is 0.318. The van der Waals surface area contributed by atoms with Gasteiger partial charge in [0.2, 0.25) is 10.0 Å². The Morgan fingerprint density at radius 3 is 2.42 bits per heavy atom. The molecule has 0 aliphatic carbocycles. The summed E-state index contributed by atoms with van der Waals surface area (Å²) in [5.41, 5.74) is 1.64. The van der Waals surface area contributed by atoms with Gasteiger partial charge in [-0.15, -0.1) is 0 Å². The second kappa shape index (κ2) is 12.6. The minimum atomic E-state index is -3.47. The lowest BCUT2D eigenvalue weighted by molar-refractivity contribution is 0.233. The van der Waals surface area contributed by atoms with Gasteiger partial charge in [-0.25, -0.2) is 13.1 Å². The number of benzene rings is 1. The summed E-state index contributed by atoms with van der Waals surface area (Å²) in [6.07, 6.45) is 12.6. The van der Waals surface area contributed by atoms with Crippen LogP contribution in [0.15, 0.2) is 53.7 Å². The molecule has 1 aromatic carbocycles. The summed E-state index contributed by atoms with van der Waals surface area (Å²) in [5, 5.41) is 0.531. The Morgan fingerprint density at radius 2 is 1.77 bits per heavy atom. The molecule has 0 radical (unpaired) electrons. The van der Waals surface area contributed by atoms with Gasteiger partial charge < -0.3 is 0 Å². The number of nitrogens with one attached hydrogen (secondary N) is 1. The number of halogens is 1. The van der Waals surface area contributed by atoms with Crippen LogP contribution in [0.2, 0.25) is 5.02 Å². The van der Waals surface area contributed by atoms with E-state index in [0.717, 1.165) is 25.7 Å². The van der Waals surface area contributed by atoms with Gasteiger partial charge >= 0.3 is 0 Å². The Labute approximate surface area is 193 Å². The van der Waals surface area contributed by atoms with E-state index in [2.05, 4.69) is 36.5 Å². The zero-order valence-electron chi connectivity index (χ0n) is 19.1. The Kier molecular flexibility index (Phi) is 10.5. The molecular formula is C25H37ClN2O2S. The van der Waals surface area contributed by atoms with Crippen LogP contribution in [0.4, 0.5) is 0 Å². The van der Waals surface area contributed by atoms with E-state index in [0.29, 0.717) is 22.9 Å². The van der Waals surface area contributed by atoms with E-state index in [4.69, 9.17) is 11.6 Å². The van der Waals surface area contributed by atoms with E-state index < -0.39 is 10.0 Å². The van der Waals surface area contributed by atoms with Crippen molar-refractivity contribution >= 4 is 21.6 Å². The molecule has 0 saturated carbocycles. The highest BCUT2D eigenvalue weighted by Gasteiger charge is 2.21. The first kappa shape index (κ1) is 25.8. The summed E-state index contributed by atoms with van der Waals surface area (Å²) < 4.78 is 27.5. The molecule has 31 heavy (non-hydrogen) atoms. The van der Waals surface area contributed by atoms with Gasteiger partial charge in [0, 0.05) is 24.0 Å². The third-order valence-electron chi connectivity index (χ3n) is 6.05. The topological polar surface area (TPSA) is 59.1 Å². The van der Waals surface area contributed by atoms with E-state index in [1.165, 1.54) is 43.4 Å². The van der Waals surface area contributed by atoms with Gasteiger partial charge in [-0.2, -0.15) is 0 Å². The fraction of sp³-hybridized carbons (Fsp3) is 0.560. The molecule has 0 saturated heterocycles. The molecule has 4 nitrogen and oxygen atoms in total. The van der Waals surface area contributed by atoms with Gasteiger partial charge in [-0.05, 0) is 72.9 Å². The van der Waals surface area contributed by atoms with Crippen LogP contribution in [0.1, 0.15) is 71.3 Å². The van der Waals surface area contributed by atoms with Crippen LogP contribution in [-0.2, 0) is 16.4 Å². The molecule has 0 amide bonds. The molecular weight excluding hydrogens is 428 g/mol. The molecule has 1 atom stereocenters. The van der Waals surface area contributed by atoms with Crippen LogP contribution in [-0.4, -0.2) is 19.9 Å². The van der Waals surface area contributed by atoms with Crippen molar-refractivity contribution in [3.05, 3.63) is 59.4 Å². The molecule has 172 valence electrons. The van der Waals surface area contributed by atoms with E-state index in [-0.39, 0.29) is 4.90 Å². The van der Waals surface area contributed by atoms with Crippen molar-refractivity contribution in [2.45, 2.75) is 77.0 Å². The maximum atomic E-state index is 12.4. The van der Waals surface area contributed by atoms with Crippen LogP contribution in [0.5, 0.6) is 0 Å². The first-order chi connectivity index (χ1) is 14.7. The minimum absolute atomic E-state index is 0.259. The average Bonchev–Trinajstić information content (AvgIpc) is 2.74. The summed E-state index contributed by atoms with van der Waals surface area (Å²) in [5.74, 6) is 0.666. The predicted molar refractivity (Wildman–Crippen MR) is 130 cm³/mol. The number of sulfonamides is 1. The molecule has 0 fully saturated rings. The summed E-state index contributed by atoms with van der Waals surface area (Å²) in [6.45, 7) is 7.42. The minimum Gasteiger partial charge on any atom is -0.264 e. The third-order valence-corrected chi connectivity index (χ3v) is 7.78. The van der Waals surface area contributed by atoms with Crippen molar-refractivity contribution < 1.29 is 8.42 Å². The Balaban J connectivity index is 1.78. The lowest BCUT2D eigenvalue weighted by Gasteiger charge is -2.29. The van der Waals surface area contributed by atoms with Crippen molar-refractivity contribution in [2.24, 2.45) is 11.3 Å². The summed E-state index contributed by atoms with van der Waals surface area (Å²) in [4.78, 5) is 4.47. The molecule has 0 aliphatic heterocycles. The number of rotatable bonds is 14. The van der Waals surface area contributed by atoms with Crippen LogP contribution >= 0.6 is 11.6 Å². The number of aromatic nitrogens is 1. The standard InChI is InChI=1S/C25H37ClN2O2S/c1-4-25(2,3)19-21(10-7-11-22-12-8-17-27-20-22)9-5-6-18-28-31(29,30)24-15-13-23(26)14-16-24/h8,12-17,20-21,28H,4-7,9-11,18-19H2,1-3H3. The van der Waals surface area contributed by atoms with Crippen molar-refractivity contribution in [1.82, 2.24) is 9.71 Å². The highest BCUT2D eigenvalue weighted by molar-refractivity contribution is 7.89. The van der Waals surface area contributed by atoms with Crippen molar-refractivity contribution in [2.75, 3.05) is 6.54 Å². The highest BCUT2D eigenvalue weighted by atomic mass is 35.5. The van der Waals surface area contributed by atoms with Crippen LogP contribution in [0.3, 0.4) is 0 Å². The molecule has 1 heterocycles. The van der Waals surface area contributed by atoms with E-state index in [9.17, 15) is 8.42 Å². The SMILES string of the molecule is CCC(C)(C)CC(CCCCNS(=O)(=O)c1ccc(Cl)cc1)CCCc1cccnc1. The monoisotopic (exact) mass is 464 g/mol. The normalized spacial score (nSPS) is 13.3. The van der Waals surface area contributed by atoms with Gasteiger partial charge in [0.15, 0.2) is 0 Å². The maximum absolute atomic E-state index is 12.4. The van der Waals surface area contributed by atoms with Crippen LogP contribution < -0.4 is 4.72 Å². The zero-order valence-corrected chi connectivity index (χ0v) is 20.7. The molecule has 0 spiro atoms. The third kappa shape index (κ3) is 9.71. The number of pyridine rings is 1. The number of nitrogens with zero attached hydrogens (tertiary/aromatic N) is 1. The molecule has 1 aromatic heterocycles. The maximum Gasteiger partial charge on any atom is 0.240 e. The Bertz CT molecular complexity index is 868.